The first-order valence-electron chi connectivity index (χ1n) is 8.03. The highest BCUT2D eigenvalue weighted by molar-refractivity contribution is 5.94. The summed E-state index contributed by atoms with van der Waals surface area (Å²) >= 11 is 0. The number of rotatable bonds is 6. The third-order valence-corrected chi connectivity index (χ3v) is 4.07. The molecule has 1 aromatic rings. The Labute approximate surface area is 136 Å². The molecule has 1 heterocycles. The van der Waals surface area contributed by atoms with E-state index in [2.05, 4.69) is 5.32 Å². The van der Waals surface area contributed by atoms with Gasteiger partial charge in [-0.05, 0) is 24.8 Å². The Morgan fingerprint density at radius 3 is 2.65 bits per heavy atom. The summed E-state index contributed by atoms with van der Waals surface area (Å²) in [7, 11) is 0. The quantitative estimate of drug-likeness (QED) is 0.546. The van der Waals surface area contributed by atoms with E-state index in [0.29, 0.717) is 25.1 Å². The largest absolute Gasteiger partial charge is 0.384 e. The molecule has 1 saturated heterocycles. The van der Waals surface area contributed by atoms with E-state index in [-0.39, 0.29) is 23.7 Å². The van der Waals surface area contributed by atoms with Gasteiger partial charge >= 0.3 is 0 Å². The van der Waals surface area contributed by atoms with Crippen molar-refractivity contribution in [2.24, 2.45) is 5.73 Å². The van der Waals surface area contributed by atoms with Gasteiger partial charge in [-0.2, -0.15) is 0 Å². The van der Waals surface area contributed by atoms with Gasteiger partial charge in [0.1, 0.15) is 11.9 Å². The molecule has 0 spiro atoms. The summed E-state index contributed by atoms with van der Waals surface area (Å²) in [5.74, 6) is -0.00446. The second kappa shape index (κ2) is 7.76. The summed E-state index contributed by atoms with van der Waals surface area (Å²) in [5.41, 5.74) is 7.01. The molecule has 2 amide bonds. The molecule has 1 atom stereocenters. The van der Waals surface area contributed by atoms with Gasteiger partial charge < -0.3 is 16.0 Å². The number of carbonyl (C=O) groups is 2. The van der Waals surface area contributed by atoms with E-state index in [9.17, 15) is 9.59 Å². The van der Waals surface area contributed by atoms with E-state index in [1.54, 1.807) is 17.0 Å². The number of likely N-dealkylation sites (tertiary alicyclic amines) is 1. The number of hydrogen-bond acceptors (Lipinski definition) is 3. The zero-order chi connectivity index (χ0) is 16.8. The number of nitrogens with zero attached hydrogens (tertiary/aromatic N) is 1. The normalized spacial score (nSPS) is 17.1. The Hall–Kier alpha value is -2.37. The molecule has 0 unspecified atom stereocenters. The minimum Gasteiger partial charge on any atom is -0.384 e. The number of hydrogen-bond donors (Lipinski definition) is 3. The van der Waals surface area contributed by atoms with Crippen molar-refractivity contribution in [1.82, 2.24) is 10.2 Å². The van der Waals surface area contributed by atoms with Gasteiger partial charge in [-0.1, -0.05) is 31.2 Å². The fraction of sp³-hybridized carbons (Fsp3) is 0.471. The van der Waals surface area contributed by atoms with Crippen molar-refractivity contribution < 1.29 is 9.59 Å². The van der Waals surface area contributed by atoms with Gasteiger partial charge in [0, 0.05) is 25.1 Å². The first-order valence-corrected chi connectivity index (χ1v) is 8.03. The van der Waals surface area contributed by atoms with E-state index >= 15 is 0 Å². The summed E-state index contributed by atoms with van der Waals surface area (Å²) in [6, 6.07) is 6.86. The van der Waals surface area contributed by atoms with Crippen molar-refractivity contribution >= 4 is 17.6 Å². The van der Waals surface area contributed by atoms with Crippen LogP contribution in [0, 0.1) is 5.41 Å². The lowest BCUT2D eigenvalue weighted by Gasteiger charge is -2.24. The smallest absolute Gasteiger partial charge is 0.243 e. The average molecular weight is 316 g/mol. The van der Waals surface area contributed by atoms with E-state index in [4.69, 9.17) is 11.1 Å². The van der Waals surface area contributed by atoms with Crippen molar-refractivity contribution in [2.75, 3.05) is 6.54 Å². The molecular formula is C17H24N4O2. The number of nitrogen functional groups attached to an aromatic ring is 1. The van der Waals surface area contributed by atoms with Gasteiger partial charge in [0.25, 0.3) is 0 Å². The Morgan fingerprint density at radius 2 is 2.04 bits per heavy atom. The lowest BCUT2D eigenvalue weighted by Crippen LogP contribution is -2.45. The highest BCUT2D eigenvalue weighted by Crippen LogP contribution is 2.19. The summed E-state index contributed by atoms with van der Waals surface area (Å²) in [6.07, 6.45) is 2.90. The molecule has 0 radical (unpaired) electrons. The van der Waals surface area contributed by atoms with Crippen LogP contribution in [0.25, 0.3) is 0 Å². The second-order valence-electron chi connectivity index (χ2n) is 5.82. The van der Waals surface area contributed by atoms with Crippen LogP contribution >= 0.6 is 0 Å². The molecule has 0 aromatic heterocycles. The van der Waals surface area contributed by atoms with Crippen LogP contribution < -0.4 is 11.1 Å². The summed E-state index contributed by atoms with van der Waals surface area (Å²) in [4.78, 5) is 26.1. The third-order valence-electron chi connectivity index (χ3n) is 4.07. The zero-order valence-corrected chi connectivity index (χ0v) is 13.5. The van der Waals surface area contributed by atoms with E-state index in [0.717, 1.165) is 24.8 Å². The average Bonchev–Trinajstić information content (AvgIpc) is 3.03. The number of benzene rings is 1. The number of amidine groups is 1. The fourth-order valence-corrected chi connectivity index (χ4v) is 2.80. The van der Waals surface area contributed by atoms with Crippen LogP contribution in [0.2, 0.25) is 0 Å². The summed E-state index contributed by atoms with van der Waals surface area (Å²) in [5, 5.41) is 10.3. The topological polar surface area (TPSA) is 99.3 Å². The Balaban J connectivity index is 1.91. The van der Waals surface area contributed by atoms with Crippen LogP contribution in [0.4, 0.5) is 0 Å². The fourth-order valence-electron chi connectivity index (χ4n) is 2.80. The number of amides is 2. The van der Waals surface area contributed by atoms with Gasteiger partial charge in [-0.25, -0.2) is 0 Å². The van der Waals surface area contributed by atoms with Gasteiger partial charge in [0.05, 0.1) is 0 Å². The van der Waals surface area contributed by atoms with Gasteiger partial charge in [-0.3, -0.25) is 15.0 Å². The highest BCUT2D eigenvalue weighted by atomic mass is 16.2. The van der Waals surface area contributed by atoms with Crippen LogP contribution in [0.15, 0.2) is 24.3 Å². The Kier molecular flexibility index (Phi) is 5.73. The van der Waals surface area contributed by atoms with Crippen LogP contribution in [0.3, 0.4) is 0 Å². The molecule has 6 nitrogen and oxygen atoms in total. The van der Waals surface area contributed by atoms with E-state index < -0.39 is 0 Å². The predicted octanol–water partition coefficient (Wildman–Crippen LogP) is 1.38. The molecule has 4 N–H and O–H groups in total. The molecule has 0 bridgehead atoms. The molecule has 1 aromatic carbocycles. The zero-order valence-electron chi connectivity index (χ0n) is 13.5. The van der Waals surface area contributed by atoms with Crippen LogP contribution in [-0.2, 0) is 16.1 Å². The summed E-state index contributed by atoms with van der Waals surface area (Å²) < 4.78 is 0. The molecule has 0 aliphatic carbocycles. The predicted molar refractivity (Wildman–Crippen MR) is 88.9 cm³/mol. The van der Waals surface area contributed by atoms with Crippen LogP contribution in [0.1, 0.15) is 43.7 Å². The van der Waals surface area contributed by atoms with E-state index in [1.807, 2.05) is 19.1 Å². The maximum Gasteiger partial charge on any atom is 0.243 e. The van der Waals surface area contributed by atoms with Crippen LogP contribution in [0.5, 0.6) is 0 Å². The minimum absolute atomic E-state index is 0.0246. The van der Waals surface area contributed by atoms with Gasteiger partial charge in [-0.15, -0.1) is 0 Å². The number of carbonyl (C=O) groups excluding carboxylic acids is 2. The maximum absolute atomic E-state index is 12.4. The lowest BCUT2D eigenvalue weighted by atomic mass is 10.1. The summed E-state index contributed by atoms with van der Waals surface area (Å²) in [6.45, 7) is 3.04. The number of nitrogens with one attached hydrogen (secondary N) is 2. The van der Waals surface area contributed by atoms with Crippen LogP contribution in [-0.4, -0.2) is 35.1 Å². The van der Waals surface area contributed by atoms with Gasteiger partial charge in [0.15, 0.2) is 0 Å². The third kappa shape index (κ3) is 4.31. The highest BCUT2D eigenvalue weighted by Gasteiger charge is 2.33. The van der Waals surface area contributed by atoms with Crippen molar-refractivity contribution in [1.29, 1.82) is 5.41 Å². The Bertz CT molecular complexity index is 583. The SMILES string of the molecule is CCCC(=O)N1CCC[C@H]1C(=O)NCc1ccc(C(=N)N)cc1. The first-order chi connectivity index (χ1) is 11.0. The van der Waals surface area contributed by atoms with Crippen molar-refractivity contribution in [2.45, 2.75) is 45.2 Å². The Morgan fingerprint density at radius 1 is 1.35 bits per heavy atom. The molecule has 2 rings (SSSR count). The van der Waals surface area contributed by atoms with E-state index in [1.165, 1.54) is 0 Å². The molecule has 1 aliphatic rings. The molecule has 124 valence electrons. The molecule has 23 heavy (non-hydrogen) atoms. The molecule has 1 fully saturated rings. The number of nitrogens with two attached hydrogens (primary N) is 1. The second-order valence-corrected chi connectivity index (χ2v) is 5.82. The molecule has 1 aliphatic heterocycles. The van der Waals surface area contributed by atoms with Gasteiger partial charge in [0.2, 0.25) is 11.8 Å². The molecule has 6 heteroatoms. The van der Waals surface area contributed by atoms with Crippen molar-refractivity contribution in [3.8, 4) is 0 Å². The maximum atomic E-state index is 12.4. The standard InChI is InChI=1S/C17H24N4O2/c1-2-4-15(22)21-10-3-5-14(21)17(23)20-11-12-6-8-13(9-7-12)16(18)19/h6-9,14H,2-5,10-11H2,1H3,(H3,18,19)(H,20,23)/t14-/m0/s1. The van der Waals surface area contributed by atoms with Crippen molar-refractivity contribution in [3.63, 3.8) is 0 Å². The van der Waals surface area contributed by atoms with Crippen molar-refractivity contribution in [3.05, 3.63) is 35.4 Å². The first kappa shape index (κ1) is 17.0. The molecule has 0 saturated carbocycles. The molecular weight excluding hydrogens is 292 g/mol. The lowest BCUT2D eigenvalue weighted by molar-refractivity contribution is -0.138. The monoisotopic (exact) mass is 316 g/mol. The minimum atomic E-state index is -0.342.